The van der Waals surface area contributed by atoms with Gasteiger partial charge in [-0.2, -0.15) is 0 Å². The minimum Gasteiger partial charge on any atom is -0.406 e. The Morgan fingerprint density at radius 2 is 1.87 bits per heavy atom. The molecule has 0 saturated carbocycles. The Balaban J connectivity index is 1.66. The first-order chi connectivity index (χ1) is 10.9. The van der Waals surface area contributed by atoms with Gasteiger partial charge >= 0.3 is 6.36 Å². The number of hydrogen-bond acceptors (Lipinski definition) is 2. The lowest BCUT2D eigenvalue weighted by Gasteiger charge is -2.11. The Hall–Kier alpha value is -1.80. The number of quaternary nitrogens is 2. The van der Waals surface area contributed by atoms with E-state index in [-0.39, 0.29) is 11.7 Å². The van der Waals surface area contributed by atoms with Crippen molar-refractivity contribution in [2.45, 2.75) is 19.2 Å². The molecule has 4 N–H and O–H groups in total. The molecule has 0 aliphatic carbocycles. The van der Waals surface area contributed by atoms with Gasteiger partial charge in [-0.25, -0.2) is 0 Å². The summed E-state index contributed by atoms with van der Waals surface area (Å²) in [4.78, 5) is 13.3. The largest absolute Gasteiger partial charge is 0.573 e. The number of likely N-dealkylation sites (tertiary alicyclic amines) is 1. The molecule has 1 aromatic carbocycles. The van der Waals surface area contributed by atoms with Gasteiger partial charge in [0, 0.05) is 18.5 Å². The molecule has 23 heavy (non-hydrogen) atoms. The minimum absolute atomic E-state index is 0.175. The first-order valence-electron chi connectivity index (χ1n) is 7.73. The minimum atomic E-state index is -4.71. The second-order valence-electron chi connectivity index (χ2n) is 5.61. The molecule has 1 heterocycles. The van der Waals surface area contributed by atoms with Crippen LogP contribution in [0, 0.1) is 0 Å². The van der Waals surface area contributed by atoms with Crippen LogP contribution in [0.15, 0.2) is 24.3 Å². The molecule has 1 aliphatic rings. The van der Waals surface area contributed by atoms with Crippen molar-refractivity contribution in [3.8, 4) is 5.75 Å². The van der Waals surface area contributed by atoms with Gasteiger partial charge in [0.2, 0.25) is 0 Å². The fourth-order valence-corrected chi connectivity index (χ4v) is 2.62. The van der Waals surface area contributed by atoms with Crippen molar-refractivity contribution < 1.29 is 32.9 Å². The number of amides is 1. The van der Waals surface area contributed by atoms with Gasteiger partial charge in [-0.15, -0.1) is 13.2 Å². The van der Waals surface area contributed by atoms with Crippen molar-refractivity contribution in [3.63, 3.8) is 0 Å². The molecule has 5 nitrogen and oxygen atoms in total. The van der Waals surface area contributed by atoms with Crippen LogP contribution in [-0.2, 0) is 4.79 Å². The molecule has 0 atom stereocenters. The quantitative estimate of drug-likeness (QED) is 0.604. The third-order valence-electron chi connectivity index (χ3n) is 3.71. The van der Waals surface area contributed by atoms with Gasteiger partial charge in [0.15, 0.2) is 6.54 Å². The lowest BCUT2D eigenvalue weighted by Crippen LogP contribution is -3.13. The van der Waals surface area contributed by atoms with Gasteiger partial charge in [0.25, 0.3) is 5.91 Å². The number of alkyl halides is 3. The smallest absolute Gasteiger partial charge is 0.406 e. The van der Waals surface area contributed by atoms with E-state index in [1.165, 1.54) is 50.2 Å². The number of rotatable bonds is 7. The molecule has 0 spiro atoms. The highest BCUT2D eigenvalue weighted by molar-refractivity contribution is 5.91. The predicted octanol–water partition coefficient (Wildman–Crippen LogP) is -0.234. The molecule has 0 bridgehead atoms. The van der Waals surface area contributed by atoms with Crippen molar-refractivity contribution in [1.29, 1.82) is 0 Å². The molecule has 1 fully saturated rings. The Morgan fingerprint density at radius 1 is 1.22 bits per heavy atom. The van der Waals surface area contributed by atoms with Crippen LogP contribution in [0.25, 0.3) is 0 Å². The molecule has 1 amide bonds. The first kappa shape index (κ1) is 17.6. The van der Waals surface area contributed by atoms with E-state index in [0.29, 0.717) is 12.2 Å². The van der Waals surface area contributed by atoms with E-state index < -0.39 is 6.36 Å². The Labute approximate surface area is 132 Å². The summed E-state index contributed by atoms with van der Waals surface area (Å²) >= 11 is 0. The number of nitrogens with one attached hydrogen (secondary N) is 2. The fourth-order valence-electron chi connectivity index (χ4n) is 2.62. The second-order valence-corrected chi connectivity index (χ2v) is 5.61. The summed E-state index contributed by atoms with van der Waals surface area (Å²) in [6, 6.07) is 5.10. The van der Waals surface area contributed by atoms with Crippen LogP contribution in [0.1, 0.15) is 12.8 Å². The number of hydrogen-bond donors (Lipinski definition) is 3. The van der Waals surface area contributed by atoms with Crippen LogP contribution in [0.2, 0.25) is 0 Å². The van der Waals surface area contributed by atoms with E-state index >= 15 is 0 Å². The Kier molecular flexibility index (Phi) is 6.23. The van der Waals surface area contributed by atoms with Crippen molar-refractivity contribution in [2.75, 3.05) is 38.0 Å². The maximum absolute atomic E-state index is 12.0. The number of carbonyl (C=O) groups is 1. The highest BCUT2D eigenvalue weighted by Crippen LogP contribution is 2.23. The monoisotopic (exact) mass is 333 g/mol. The van der Waals surface area contributed by atoms with E-state index in [4.69, 9.17) is 0 Å². The Morgan fingerprint density at radius 3 is 2.48 bits per heavy atom. The number of anilines is 1. The van der Waals surface area contributed by atoms with Crippen molar-refractivity contribution in [1.82, 2.24) is 0 Å². The maximum atomic E-state index is 12.0. The van der Waals surface area contributed by atoms with E-state index in [2.05, 4.69) is 10.1 Å². The molecular formula is C15H22F3N3O2+2. The lowest BCUT2D eigenvalue weighted by atomic mass is 10.3. The summed E-state index contributed by atoms with van der Waals surface area (Å²) in [6.07, 6.45) is -2.15. The second kappa shape index (κ2) is 8.16. The van der Waals surface area contributed by atoms with Gasteiger partial charge in [0.1, 0.15) is 18.8 Å². The molecule has 1 aliphatic heterocycles. The summed E-state index contributed by atoms with van der Waals surface area (Å²) in [5.41, 5.74) is 0.447. The van der Waals surface area contributed by atoms with Crippen LogP contribution in [0.5, 0.6) is 5.75 Å². The summed E-state index contributed by atoms with van der Waals surface area (Å²) < 4.78 is 39.9. The molecule has 8 heteroatoms. The molecule has 2 rings (SSSR count). The summed E-state index contributed by atoms with van der Waals surface area (Å²) in [5, 5.41) is 4.59. The van der Waals surface area contributed by atoms with Crippen molar-refractivity contribution >= 4 is 11.6 Å². The number of halogens is 3. The van der Waals surface area contributed by atoms with E-state index in [0.717, 1.165) is 13.1 Å². The lowest BCUT2D eigenvalue weighted by molar-refractivity contribution is -0.900. The SMILES string of the molecule is O=C(C[NH2+]CC[NH+]1CCCC1)Nc1ccc(OC(F)(F)F)cc1. The highest BCUT2D eigenvalue weighted by Gasteiger charge is 2.30. The van der Waals surface area contributed by atoms with Crippen LogP contribution in [0.4, 0.5) is 18.9 Å². The zero-order chi connectivity index (χ0) is 16.7. The Bertz CT molecular complexity index is 500. The zero-order valence-electron chi connectivity index (χ0n) is 12.8. The first-order valence-corrected chi connectivity index (χ1v) is 7.73. The van der Waals surface area contributed by atoms with Gasteiger partial charge in [-0.1, -0.05) is 0 Å². The fraction of sp³-hybridized carbons (Fsp3) is 0.533. The van der Waals surface area contributed by atoms with Crippen LogP contribution < -0.4 is 20.3 Å². The molecular weight excluding hydrogens is 311 g/mol. The zero-order valence-corrected chi connectivity index (χ0v) is 12.8. The molecule has 128 valence electrons. The van der Waals surface area contributed by atoms with Crippen LogP contribution >= 0.6 is 0 Å². The van der Waals surface area contributed by atoms with Gasteiger partial charge in [0.05, 0.1) is 13.1 Å². The highest BCUT2D eigenvalue weighted by atomic mass is 19.4. The topological polar surface area (TPSA) is 59.4 Å². The van der Waals surface area contributed by atoms with E-state index in [1.54, 1.807) is 4.90 Å². The molecule has 0 unspecified atom stereocenters. The van der Waals surface area contributed by atoms with Crippen LogP contribution in [-0.4, -0.2) is 45.0 Å². The maximum Gasteiger partial charge on any atom is 0.573 e. The third-order valence-corrected chi connectivity index (χ3v) is 3.71. The van der Waals surface area contributed by atoms with Gasteiger partial charge in [-0.05, 0) is 24.3 Å². The number of nitrogens with two attached hydrogens (primary N) is 1. The standard InChI is InChI=1S/C15H20F3N3O2/c16-15(17,18)23-13-5-3-12(4-6-13)20-14(22)11-19-7-10-21-8-1-2-9-21/h3-6,19H,1-2,7-11H2,(H,20,22)/p+2. The normalized spacial score (nSPS) is 15.6. The van der Waals surface area contributed by atoms with Crippen molar-refractivity contribution in [3.05, 3.63) is 24.3 Å². The summed E-state index contributed by atoms with van der Waals surface area (Å²) in [7, 11) is 0. The van der Waals surface area contributed by atoms with Crippen LogP contribution in [0.3, 0.4) is 0 Å². The molecule has 0 radical (unpaired) electrons. The van der Waals surface area contributed by atoms with Gasteiger partial charge in [-0.3, -0.25) is 4.79 Å². The third kappa shape index (κ3) is 6.87. The van der Waals surface area contributed by atoms with E-state index in [1.807, 2.05) is 5.32 Å². The predicted molar refractivity (Wildman–Crippen MR) is 78.2 cm³/mol. The number of benzene rings is 1. The van der Waals surface area contributed by atoms with E-state index in [9.17, 15) is 18.0 Å². The molecule has 1 saturated heterocycles. The summed E-state index contributed by atoms with van der Waals surface area (Å²) in [5.74, 6) is -0.485. The average Bonchev–Trinajstić information content (AvgIpc) is 2.97. The molecule has 1 aromatic rings. The number of ether oxygens (including phenoxy) is 1. The van der Waals surface area contributed by atoms with Gasteiger partial charge < -0.3 is 20.3 Å². The molecule has 0 aromatic heterocycles. The average molecular weight is 333 g/mol. The summed E-state index contributed by atoms with van der Waals surface area (Å²) in [6.45, 7) is 4.67. The van der Waals surface area contributed by atoms with Crippen molar-refractivity contribution in [2.24, 2.45) is 0 Å². The number of carbonyl (C=O) groups excluding carboxylic acids is 1.